The number of nitrogens with zero attached hydrogens (tertiary/aromatic N) is 3. The number of benzene rings is 1. The van der Waals surface area contributed by atoms with Crippen LogP contribution in [0.4, 0.5) is 5.69 Å². The largest absolute Gasteiger partial charge is 0.340 e. The summed E-state index contributed by atoms with van der Waals surface area (Å²) in [5, 5.41) is 10.7. The van der Waals surface area contributed by atoms with E-state index in [1.807, 2.05) is 6.92 Å². The minimum absolute atomic E-state index is 0.0195. The quantitative estimate of drug-likeness (QED) is 0.543. The van der Waals surface area contributed by atoms with Crippen LogP contribution in [0.5, 0.6) is 0 Å². The molecule has 2 aromatic rings. The molecule has 0 aliphatic carbocycles. The zero-order valence-corrected chi connectivity index (χ0v) is 17.3. The molecule has 0 unspecified atom stereocenters. The monoisotopic (exact) mass is 423 g/mol. The smallest absolute Gasteiger partial charge is 0.269 e. The fourth-order valence-corrected chi connectivity index (χ4v) is 6.15. The van der Waals surface area contributed by atoms with E-state index in [1.165, 1.54) is 27.8 Å². The van der Waals surface area contributed by atoms with Crippen LogP contribution >= 0.6 is 11.3 Å². The maximum absolute atomic E-state index is 12.8. The van der Waals surface area contributed by atoms with Gasteiger partial charge in [0.1, 0.15) is 0 Å². The van der Waals surface area contributed by atoms with E-state index >= 15 is 0 Å². The van der Waals surface area contributed by atoms with Crippen LogP contribution in [0, 0.1) is 24.0 Å². The lowest BCUT2D eigenvalue weighted by molar-refractivity contribution is -0.384. The van der Waals surface area contributed by atoms with Gasteiger partial charge in [-0.2, -0.15) is 4.31 Å². The van der Waals surface area contributed by atoms with Gasteiger partial charge >= 0.3 is 0 Å². The van der Waals surface area contributed by atoms with Crippen LogP contribution in [0.2, 0.25) is 0 Å². The van der Waals surface area contributed by atoms with Gasteiger partial charge in [0.15, 0.2) is 0 Å². The van der Waals surface area contributed by atoms with Gasteiger partial charge in [-0.05, 0) is 25.5 Å². The van der Waals surface area contributed by atoms with Crippen molar-refractivity contribution in [2.75, 3.05) is 26.2 Å². The van der Waals surface area contributed by atoms with E-state index in [2.05, 4.69) is 0 Å². The fourth-order valence-electron chi connectivity index (χ4n) is 3.20. The highest BCUT2D eigenvalue weighted by molar-refractivity contribution is 7.89. The summed E-state index contributed by atoms with van der Waals surface area (Å²) in [5.74, 6) is -0.117. The Bertz CT molecular complexity index is 991. The summed E-state index contributed by atoms with van der Waals surface area (Å²) in [5.41, 5.74) is 0.670. The minimum Gasteiger partial charge on any atom is -0.340 e. The van der Waals surface area contributed by atoms with E-state index in [0.29, 0.717) is 23.5 Å². The van der Waals surface area contributed by atoms with Gasteiger partial charge in [-0.1, -0.05) is 12.1 Å². The van der Waals surface area contributed by atoms with Crippen molar-refractivity contribution in [1.82, 2.24) is 9.21 Å². The van der Waals surface area contributed by atoms with E-state index in [4.69, 9.17) is 0 Å². The zero-order chi connectivity index (χ0) is 20.5. The molecule has 1 aliphatic heterocycles. The van der Waals surface area contributed by atoms with Gasteiger partial charge in [0.05, 0.1) is 16.2 Å². The molecule has 3 rings (SSSR count). The molecular weight excluding hydrogens is 402 g/mol. The van der Waals surface area contributed by atoms with E-state index in [0.717, 1.165) is 9.75 Å². The molecule has 10 heteroatoms. The molecule has 0 spiro atoms. The van der Waals surface area contributed by atoms with E-state index in [-0.39, 0.29) is 31.1 Å². The average molecular weight is 424 g/mol. The van der Waals surface area contributed by atoms with Crippen molar-refractivity contribution in [2.45, 2.75) is 25.2 Å². The first kappa shape index (κ1) is 20.4. The van der Waals surface area contributed by atoms with Crippen molar-refractivity contribution in [3.8, 4) is 0 Å². The summed E-state index contributed by atoms with van der Waals surface area (Å²) in [4.78, 5) is 26.4. The second kappa shape index (κ2) is 7.98. The molecule has 28 heavy (non-hydrogen) atoms. The first-order chi connectivity index (χ1) is 13.2. The summed E-state index contributed by atoms with van der Waals surface area (Å²) in [6, 6.07) is 7.58. The van der Waals surface area contributed by atoms with Crippen LogP contribution in [0.25, 0.3) is 0 Å². The van der Waals surface area contributed by atoms with Crippen molar-refractivity contribution in [3.05, 3.63) is 55.8 Å². The number of thiophene rings is 1. The lowest BCUT2D eigenvalue weighted by Crippen LogP contribution is -2.50. The van der Waals surface area contributed by atoms with Crippen molar-refractivity contribution < 1.29 is 18.1 Å². The highest BCUT2D eigenvalue weighted by Gasteiger charge is 2.31. The molecule has 1 amide bonds. The van der Waals surface area contributed by atoms with Gasteiger partial charge in [-0.3, -0.25) is 14.9 Å². The van der Waals surface area contributed by atoms with Crippen LogP contribution in [-0.4, -0.2) is 54.6 Å². The normalized spacial score (nSPS) is 15.6. The predicted octanol–water partition coefficient (Wildman–Crippen LogP) is 2.35. The van der Waals surface area contributed by atoms with Crippen LogP contribution in [0.3, 0.4) is 0 Å². The van der Waals surface area contributed by atoms with Gasteiger partial charge in [0.25, 0.3) is 5.69 Å². The Morgan fingerprint density at radius 2 is 1.75 bits per heavy atom. The molecule has 0 saturated carbocycles. The van der Waals surface area contributed by atoms with Crippen LogP contribution in [0.15, 0.2) is 35.2 Å². The number of non-ortho nitro benzene ring substituents is 1. The standard InChI is InChI=1S/C18H21N3O5S2/c1-13-11-17(14(2)27-13)28(25,26)20-9-7-19(8-10-20)18(22)12-15-3-5-16(6-4-15)21(23)24/h3-6,11H,7-10,12H2,1-2H3. The highest BCUT2D eigenvalue weighted by Crippen LogP contribution is 2.28. The highest BCUT2D eigenvalue weighted by atomic mass is 32.2. The molecule has 1 fully saturated rings. The van der Waals surface area contributed by atoms with Crippen LogP contribution in [0.1, 0.15) is 15.3 Å². The summed E-state index contributed by atoms with van der Waals surface area (Å²) < 4.78 is 27.1. The Kier molecular flexibility index (Phi) is 5.82. The second-order valence-electron chi connectivity index (χ2n) is 6.66. The molecule has 1 saturated heterocycles. The van der Waals surface area contributed by atoms with Crippen molar-refractivity contribution >= 4 is 33.0 Å². The van der Waals surface area contributed by atoms with Gasteiger partial charge < -0.3 is 4.90 Å². The molecule has 0 radical (unpaired) electrons. The number of carbonyl (C=O) groups is 1. The molecular formula is C18H21N3O5S2. The summed E-state index contributed by atoms with van der Waals surface area (Å²) >= 11 is 1.46. The summed E-state index contributed by atoms with van der Waals surface area (Å²) in [6.45, 7) is 4.84. The van der Waals surface area contributed by atoms with Gasteiger partial charge in [0.2, 0.25) is 15.9 Å². The zero-order valence-electron chi connectivity index (χ0n) is 15.6. The maximum Gasteiger partial charge on any atom is 0.269 e. The molecule has 0 N–H and O–H groups in total. The number of amides is 1. The fraction of sp³-hybridized carbons (Fsp3) is 0.389. The Labute approximate surface area is 167 Å². The topological polar surface area (TPSA) is 101 Å². The van der Waals surface area contributed by atoms with Gasteiger partial charge in [-0.25, -0.2) is 8.42 Å². The summed E-state index contributed by atoms with van der Waals surface area (Å²) in [7, 11) is -3.55. The number of hydrogen-bond acceptors (Lipinski definition) is 6. The Balaban J connectivity index is 1.61. The molecule has 1 aliphatic rings. The first-order valence-corrected chi connectivity index (χ1v) is 11.0. The molecule has 0 bridgehead atoms. The lowest BCUT2D eigenvalue weighted by atomic mass is 10.1. The molecule has 2 heterocycles. The number of nitro groups is 1. The van der Waals surface area contributed by atoms with E-state index in [9.17, 15) is 23.3 Å². The van der Waals surface area contributed by atoms with Crippen molar-refractivity contribution in [1.29, 1.82) is 0 Å². The predicted molar refractivity (Wildman–Crippen MR) is 106 cm³/mol. The number of rotatable bonds is 5. The number of nitro benzene ring substituents is 1. The molecule has 1 aromatic heterocycles. The Morgan fingerprint density at radius 1 is 1.14 bits per heavy atom. The van der Waals surface area contributed by atoms with Crippen molar-refractivity contribution in [2.24, 2.45) is 0 Å². The van der Waals surface area contributed by atoms with Crippen LogP contribution in [-0.2, 0) is 21.2 Å². The number of sulfonamides is 1. The van der Waals surface area contributed by atoms with Crippen molar-refractivity contribution in [3.63, 3.8) is 0 Å². The molecule has 0 atom stereocenters. The maximum atomic E-state index is 12.8. The van der Waals surface area contributed by atoms with E-state index in [1.54, 1.807) is 30.0 Å². The van der Waals surface area contributed by atoms with Gasteiger partial charge in [-0.15, -0.1) is 11.3 Å². The number of hydrogen-bond donors (Lipinski definition) is 0. The SMILES string of the molecule is Cc1cc(S(=O)(=O)N2CCN(C(=O)Cc3ccc([N+](=O)[O-])cc3)CC2)c(C)s1. The third-order valence-electron chi connectivity index (χ3n) is 4.71. The first-order valence-electron chi connectivity index (χ1n) is 8.77. The number of aryl methyl sites for hydroxylation is 2. The Morgan fingerprint density at radius 3 is 2.25 bits per heavy atom. The van der Waals surface area contributed by atoms with Crippen LogP contribution < -0.4 is 0 Å². The average Bonchev–Trinajstić information content (AvgIpc) is 3.01. The molecule has 8 nitrogen and oxygen atoms in total. The summed E-state index contributed by atoms with van der Waals surface area (Å²) in [6.07, 6.45) is 0.133. The molecule has 1 aromatic carbocycles. The van der Waals surface area contributed by atoms with Gasteiger partial charge in [0, 0.05) is 48.1 Å². The number of carbonyl (C=O) groups excluding carboxylic acids is 1. The Hall–Kier alpha value is -2.30. The third kappa shape index (κ3) is 4.23. The van der Waals surface area contributed by atoms with E-state index < -0.39 is 14.9 Å². The molecule has 150 valence electrons. The lowest BCUT2D eigenvalue weighted by Gasteiger charge is -2.34. The number of piperazine rings is 1. The minimum atomic E-state index is -3.55. The third-order valence-corrected chi connectivity index (χ3v) is 7.83. The second-order valence-corrected chi connectivity index (χ2v) is 10.0.